The third kappa shape index (κ3) is 4.74. The van der Waals surface area contributed by atoms with E-state index < -0.39 is 0 Å². The Balaban J connectivity index is 1.42. The number of furan rings is 1. The molecule has 4 heterocycles. The van der Waals surface area contributed by atoms with Crippen LogP contribution in [-0.4, -0.2) is 42.8 Å². The first-order chi connectivity index (χ1) is 16.1. The summed E-state index contributed by atoms with van der Waals surface area (Å²) in [5, 5.41) is 13.3. The fourth-order valence-electron chi connectivity index (χ4n) is 4.38. The summed E-state index contributed by atoms with van der Waals surface area (Å²) in [5.74, 6) is 1.55. The average Bonchev–Trinajstić information content (AvgIpc) is 3.57. The van der Waals surface area contributed by atoms with Crippen molar-refractivity contribution in [1.29, 1.82) is 0 Å². The van der Waals surface area contributed by atoms with E-state index in [0.717, 1.165) is 53.1 Å². The normalized spacial score (nSPS) is 16.3. The van der Waals surface area contributed by atoms with Crippen molar-refractivity contribution in [1.82, 2.24) is 30.1 Å². The van der Waals surface area contributed by atoms with Gasteiger partial charge in [0.1, 0.15) is 5.76 Å². The number of tetrazole rings is 1. The number of benzene rings is 1. The van der Waals surface area contributed by atoms with Crippen LogP contribution in [0.4, 0.5) is 0 Å². The van der Waals surface area contributed by atoms with Gasteiger partial charge in [-0.05, 0) is 71.8 Å². The first-order valence-corrected chi connectivity index (χ1v) is 11.3. The fourth-order valence-corrected chi connectivity index (χ4v) is 4.38. The van der Waals surface area contributed by atoms with Crippen LogP contribution in [0.1, 0.15) is 41.1 Å². The van der Waals surface area contributed by atoms with Crippen LogP contribution in [-0.2, 0) is 30.9 Å². The van der Waals surface area contributed by atoms with Gasteiger partial charge in [0, 0.05) is 18.7 Å². The molecule has 4 aromatic rings. The van der Waals surface area contributed by atoms with Crippen LogP contribution in [0.3, 0.4) is 0 Å². The molecule has 0 aliphatic carbocycles. The van der Waals surface area contributed by atoms with E-state index in [1.807, 2.05) is 36.7 Å². The van der Waals surface area contributed by atoms with Crippen molar-refractivity contribution in [2.45, 2.75) is 59.0 Å². The van der Waals surface area contributed by atoms with Crippen LogP contribution in [0.2, 0.25) is 0 Å². The molecule has 0 amide bonds. The molecule has 5 rings (SSSR count). The monoisotopic (exact) mass is 448 g/mol. The Morgan fingerprint density at radius 2 is 2.12 bits per heavy atom. The molecule has 33 heavy (non-hydrogen) atoms. The first-order valence-electron chi connectivity index (χ1n) is 11.3. The number of fused-ring (bicyclic) bond motifs is 1. The lowest BCUT2D eigenvalue weighted by molar-refractivity contribution is 0.0913. The summed E-state index contributed by atoms with van der Waals surface area (Å²) in [4.78, 5) is 18.2. The Labute approximate surface area is 191 Å². The second-order valence-corrected chi connectivity index (χ2v) is 8.73. The largest absolute Gasteiger partial charge is 0.468 e. The highest BCUT2D eigenvalue weighted by Crippen LogP contribution is 2.20. The zero-order valence-electron chi connectivity index (χ0n) is 19.0. The van der Waals surface area contributed by atoms with Crippen molar-refractivity contribution in [2.24, 2.45) is 0 Å². The van der Waals surface area contributed by atoms with Gasteiger partial charge >= 0.3 is 0 Å². The van der Waals surface area contributed by atoms with Gasteiger partial charge in [0.25, 0.3) is 5.56 Å². The zero-order chi connectivity index (χ0) is 22.8. The van der Waals surface area contributed by atoms with E-state index in [4.69, 9.17) is 9.15 Å². The molecule has 172 valence electrons. The van der Waals surface area contributed by atoms with Gasteiger partial charge in [0.15, 0.2) is 5.82 Å². The Bertz CT molecular complexity index is 1290. The standard InChI is InChI=1S/C24H28N6O3/c1-16-7-8-18-11-19(24(31)25-23(18)17(16)2)12-29(13-20-5-3-9-32-20)15-22-26-27-28-30(22)14-21-6-4-10-33-21/h3,5,7-9,11,21H,4,6,10,12-15H2,1-2H3,(H,25,31)/t21-/m1/s1. The van der Waals surface area contributed by atoms with Crippen molar-refractivity contribution in [3.63, 3.8) is 0 Å². The van der Waals surface area contributed by atoms with Crippen LogP contribution in [0.15, 0.2) is 45.8 Å². The number of nitrogens with one attached hydrogen (secondary N) is 1. The maximum absolute atomic E-state index is 13.0. The SMILES string of the molecule is Cc1ccc2cc(CN(Cc3ccco3)Cc3nnnn3C[C@H]3CCCO3)c(=O)[nH]c2c1C. The number of H-pyrrole nitrogens is 1. The van der Waals surface area contributed by atoms with Gasteiger partial charge < -0.3 is 14.1 Å². The summed E-state index contributed by atoms with van der Waals surface area (Å²) in [6.07, 6.45) is 3.88. The van der Waals surface area contributed by atoms with Gasteiger partial charge in [0.2, 0.25) is 0 Å². The number of hydrogen-bond acceptors (Lipinski definition) is 7. The fraction of sp³-hybridized carbons (Fsp3) is 0.417. The Kier molecular flexibility index (Phi) is 6.06. The predicted molar refractivity (Wildman–Crippen MR) is 122 cm³/mol. The summed E-state index contributed by atoms with van der Waals surface area (Å²) in [7, 11) is 0. The molecule has 0 radical (unpaired) electrons. The molecule has 0 spiro atoms. The molecule has 1 N–H and O–H groups in total. The Hall–Kier alpha value is -3.30. The lowest BCUT2D eigenvalue weighted by atomic mass is 10.0. The number of pyridine rings is 1. The topological polar surface area (TPSA) is 102 Å². The molecule has 3 aromatic heterocycles. The van der Waals surface area contributed by atoms with Crippen molar-refractivity contribution < 1.29 is 9.15 Å². The minimum atomic E-state index is -0.0837. The van der Waals surface area contributed by atoms with Crippen molar-refractivity contribution in [3.05, 3.63) is 75.2 Å². The summed E-state index contributed by atoms with van der Waals surface area (Å²) in [6, 6.07) is 9.91. The van der Waals surface area contributed by atoms with Gasteiger partial charge in [-0.2, -0.15) is 0 Å². The summed E-state index contributed by atoms with van der Waals surface area (Å²) < 4.78 is 13.1. The molecule has 0 unspecified atom stereocenters. The molecule has 1 atom stereocenters. The molecular formula is C24H28N6O3. The molecule has 9 heteroatoms. The summed E-state index contributed by atoms with van der Waals surface area (Å²) in [5.41, 5.74) is 3.75. The highest BCUT2D eigenvalue weighted by molar-refractivity contribution is 5.83. The van der Waals surface area contributed by atoms with E-state index >= 15 is 0 Å². The van der Waals surface area contributed by atoms with Gasteiger partial charge in [-0.1, -0.05) is 12.1 Å². The molecule has 1 aliphatic rings. The van der Waals surface area contributed by atoms with E-state index in [9.17, 15) is 4.79 Å². The highest BCUT2D eigenvalue weighted by atomic mass is 16.5. The minimum Gasteiger partial charge on any atom is -0.468 e. The third-order valence-corrected chi connectivity index (χ3v) is 6.35. The molecule has 0 saturated carbocycles. The van der Waals surface area contributed by atoms with Gasteiger partial charge in [0.05, 0.1) is 37.5 Å². The Morgan fingerprint density at radius 3 is 2.91 bits per heavy atom. The third-order valence-electron chi connectivity index (χ3n) is 6.35. The van der Waals surface area contributed by atoms with Crippen molar-refractivity contribution in [3.8, 4) is 0 Å². The van der Waals surface area contributed by atoms with Crippen LogP contribution in [0.5, 0.6) is 0 Å². The van der Waals surface area contributed by atoms with Crippen molar-refractivity contribution >= 4 is 10.9 Å². The molecule has 9 nitrogen and oxygen atoms in total. The van der Waals surface area contributed by atoms with E-state index in [1.54, 1.807) is 6.26 Å². The molecule has 1 aromatic carbocycles. The predicted octanol–water partition coefficient (Wildman–Crippen LogP) is 3.11. The first kappa shape index (κ1) is 21.5. The van der Waals surface area contributed by atoms with Crippen LogP contribution >= 0.6 is 0 Å². The smallest absolute Gasteiger partial charge is 0.252 e. The minimum absolute atomic E-state index is 0.0837. The number of aryl methyl sites for hydroxylation is 2. The van der Waals surface area contributed by atoms with Gasteiger partial charge in [-0.25, -0.2) is 4.68 Å². The van der Waals surface area contributed by atoms with Crippen LogP contribution in [0, 0.1) is 13.8 Å². The highest BCUT2D eigenvalue weighted by Gasteiger charge is 2.21. The van der Waals surface area contributed by atoms with Gasteiger partial charge in [-0.15, -0.1) is 5.10 Å². The molecular weight excluding hydrogens is 420 g/mol. The van der Waals surface area contributed by atoms with E-state index in [1.165, 1.54) is 0 Å². The average molecular weight is 449 g/mol. The number of ether oxygens (including phenoxy) is 1. The molecule has 1 aliphatic heterocycles. The number of aromatic amines is 1. The molecule has 1 saturated heterocycles. The van der Waals surface area contributed by atoms with E-state index in [2.05, 4.69) is 37.5 Å². The lowest BCUT2D eigenvalue weighted by Crippen LogP contribution is -2.28. The molecule has 0 bridgehead atoms. The second kappa shape index (κ2) is 9.29. The maximum atomic E-state index is 13.0. The van der Waals surface area contributed by atoms with Crippen LogP contribution < -0.4 is 5.56 Å². The quantitative estimate of drug-likeness (QED) is 0.442. The Morgan fingerprint density at radius 1 is 1.21 bits per heavy atom. The van der Waals surface area contributed by atoms with Crippen LogP contribution in [0.25, 0.3) is 10.9 Å². The van der Waals surface area contributed by atoms with Crippen molar-refractivity contribution in [2.75, 3.05) is 6.61 Å². The van der Waals surface area contributed by atoms with Gasteiger partial charge in [-0.3, -0.25) is 9.69 Å². The zero-order valence-corrected chi connectivity index (χ0v) is 19.0. The number of aromatic nitrogens is 5. The number of hydrogen-bond donors (Lipinski definition) is 1. The lowest BCUT2D eigenvalue weighted by Gasteiger charge is -2.21. The number of nitrogens with zero attached hydrogens (tertiary/aromatic N) is 5. The van der Waals surface area contributed by atoms with E-state index in [-0.39, 0.29) is 11.7 Å². The second-order valence-electron chi connectivity index (χ2n) is 8.73. The summed E-state index contributed by atoms with van der Waals surface area (Å²) >= 11 is 0. The summed E-state index contributed by atoms with van der Waals surface area (Å²) in [6.45, 7) is 6.95. The number of rotatable bonds is 8. The maximum Gasteiger partial charge on any atom is 0.252 e. The van der Waals surface area contributed by atoms with E-state index in [0.29, 0.717) is 31.7 Å². The molecule has 1 fully saturated rings.